The van der Waals surface area contributed by atoms with Gasteiger partial charge >= 0.3 is 0 Å². The van der Waals surface area contributed by atoms with E-state index in [-0.39, 0.29) is 6.61 Å². The molecule has 0 aliphatic carbocycles. The molecule has 0 unspecified atom stereocenters. The summed E-state index contributed by atoms with van der Waals surface area (Å²) in [7, 11) is 0. The van der Waals surface area contributed by atoms with Crippen molar-refractivity contribution in [1.82, 2.24) is 0 Å². The summed E-state index contributed by atoms with van der Waals surface area (Å²) < 4.78 is 0. The summed E-state index contributed by atoms with van der Waals surface area (Å²) in [6, 6.07) is 5.59. The number of aryl methyl sites for hydroxylation is 1. The zero-order chi connectivity index (χ0) is 10.4. The first-order valence-corrected chi connectivity index (χ1v) is 4.74. The maximum atomic E-state index is 10.7. The fraction of sp³-hybridized carbons (Fsp3) is 0.364. The van der Waals surface area contributed by atoms with Crippen LogP contribution in [-0.4, -0.2) is 24.5 Å². The molecular weight excluding hydrogens is 178 g/mol. The first kappa shape index (κ1) is 10.7. The molecule has 0 saturated carbocycles. The van der Waals surface area contributed by atoms with Crippen molar-refractivity contribution in [2.75, 3.05) is 18.5 Å². The van der Waals surface area contributed by atoms with Gasteiger partial charge in [0.25, 0.3) is 0 Å². The smallest absolute Gasteiger partial charge is 0.150 e. The number of anilines is 1. The van der Waals surface area contributed by atoms with Crippen LogP contribution in [0.4, 0.5) is 5.69 Å². The van der Waals surface area contributed by atoms with Crippen molar-refractivity contribution in [3.05, 3.63) is 29.3 Å². The highest BCUT2D eigenvalue weighted by Gasteiger charge is 2.00. The van der Waals surface area contributed by atoms with Crippen LogP contribution >= 0.6 is 0 Å². The highest BCUT2D eigenvalue weighted by Crippen LogP contribution is 2.14. The Morgan fingerprint density at radius 2 is 2.29 bits per heavy atom. The minimum Gasteiger partial charge on any atom is -0.395 e. The number of aliphatic hydroxyl groups excluding tert-OH is 1. The lowest BCUT2D eigenvalue weighted by Gasteiger charge is -2.07. The van der Waals surface area contributed by atoms with Crippen molar-refractivity contribution in [3.8, 4) is 0 Å². The van der Waals surface area contributed by atoms with Crippen LogP contribution in [0.3, 0.4) is 0 Å². The van der Waals surface area contributed by atoms with Crippen LogP contribution in [-0.2, 0) is 6.42 Å². The topological polar surface area (TPSA) is 49.3 Å². The van der Waals surface area contributed by atoms with E-state index in [0.29, 0.717) is 6.54 Å². The van der Waals surface area contributed by atoms with E-state index in [1.54, 1.807) is 6.07 Å². The van der Waals surface area contributed by atoms with Gasteiger partial charge in [-0.05, 0) is 30.2 Å². The molecule has 0 spiro atoms. The number of aldehydes is 1. The standard InChI is InChI=1S/C11H15NO2/c1-2-9-7-11(12-5-6-13)4-3-10(9)8-14/h3-4,7-8,12-13H,2,5-6H2,1H3. The lowest BCUT2D eigenvalue weighted by atomic mass is 10.1. The zero-order valence-electron chi connectivity index (χ0n) is 8.29. The molecule has 0 aliphatic rings. The summed E-state index contributed by atoms with van der Waals surface area (Å²) in [4.78, 5) is 10.7. The van der Waals surface area contributed by atoms with Gasteiger partial charge in [0, 0.05) is 17.8 Å². The quantitative estimate of drug-likeness (QED) is 0.696. The van der Waals surface area contributed by atoms with Gasteiger partial charge in [0.15, 0.2) is 0 Å². The SMILES string of the molecule is CCc1cc(NCCO)ccc1C=O. The maximum Gasteiger partial charge on any atom is 0.150 e. The van der Waals surface area contributed by atoms with Crippen LogP contribution in [0.5, 0.6) is 0 Å². The van der Waals surface area contributed by atoms with E-state index in [0.717, 1.165) is 29.5 Å². The van der Waals surface area contributed by atoms with Gasteiger partial charge in [0.2, 0.25) is 0 Å². The summed E-state index contributed by atoms with van der Waals surface area (Å²) in [5.74, 6) is 0. The number of benzene rings is 1. The first-order valence-electron chi connectivity index (χ1n) is 4.74. The van der Waals surface area contributed by atoms with Gasteiger partial charge in [-0.1, -0.05) is 6.92 Å². The van der Waals surface area contributed by atoms with E-state index in [9.17, 15) is 4.79 Å². The summed E-state index contributed by atoms with van der Waals surface area (Å²) in [5.41, 5.74) is 2.71. The van der Waals surface area contributed by atoms with E-state index >= 15 is 0 Å². The van der Waals surface area contributed by atoms with Crippen molar-refractivity contribution in [1.29, 1.82) is 0 Å². The van der Waals surface area contributed by atoms with Crippen LogP contribution in [0.15, 0.2) is 18.2 Å². The molecule has 0 heterocycles. The average molecular weight is 193 g/mol. The molecule has 3 nitrogen and oxygen atoms in total. The second-order valence-corrected chi connectivity index (χ2v) is 3.04. The molecule has 3 heteroatoms. The van der Waals surface area contributed by atoms with Gasteiger partial charge in [-0.3, -0.25) is 4.79 Å². The van der Waals surface area contributed by atoms with E-state index < -0.39 is 0 Å². The third kappa shape index (κ3) is 2.57. The molecule has 0 bridgehead atoms. The van der Waals surface area contributed by atoms with E-state index in [2.05, 4.69) is 5.32 Å². The van der Waals surface area contributed by atoms with Gasteiger partial charge in [-0.2, -0.15) is 0 Å². The molecule has 0 aromatic heterocycles. The molecule has 0 fully saturated rings. The van der Waals surface area contributed by atoms with Crippen LogP contribution in [0.1, 0.15) is 22.8 Å². The third-order valence-corrected chi connectivity index (χ3v) is 2.09. The van der Waals surface area contributed by atoms with Crippen molar-refractivity contribution in [2.45, 2.75) is 13.3 Å². The van der Waals surface area contributed by atoms with Crippen LogP contribution in [0.2, 0.25) is 0 Å². The Hall–Kier alpha value is -1.35. The predicted octanol–water partition coefficient (Wildman–Crippen LogP) is 1.47. The molecule has 2 N–H and O–H groups in total. The fourth-order valence-electron chi connectivity index (χ4n) is 1.34. The van der Waals surface area contributed by atoms with Crippen molar-refractivity contribution in [2.24, 2.45) is 0 Å². The highest BCUT2D eigenvalue weighted by atomic mass is 16.3. The molecule has 1 aromatic rings. The monoisotopic (exact) mass is 193 g/mol. The van der Waals surface area contributed by atoms with Crippen LogP contribution < -0.4 is 5.32 Å². The average Bonchev–Trinajstić information content (AvgIpc) is 2.25. The van der Waals surface area contributed by atoms with Gasteiger partial charge in [-0.15, -0.1) is 0 Å². The summed E-state index contributed by atoms with van der Waals surface area (Å²) >= 11 is 0. The number of carbonyl (C=O) groups excluding carboxylic acids is 1. The van der Waals surface area contributed by atoms with E-state index in [1.807, 2.05) is 19.1 Å². The first-order chi connectivity index (χ1) is 6.81. The van der Waals surface area contributed by atoms with Gasteiger partial charge in [-0.25, -0.2) is 0 Å². The minimum atomic E-state index is 0.108. The number of hydrogen-bond acceptors (Lipinski definition) is 3. The maximum absolute atomic E-state index is 10.7. The number of hydrogen-bond donors (Lipinski definition) is 2. The molecular formula is C11H15NO2. The number of carbonyl (C=O) groups is 1. The Labute approximate surface area is 83.8 Å². The normalized spacial score (nSPS) is 9.86. The molecule has 1 rings (SSSR count). The molecule has 14 heavy (non-hydrogen) atoms. The number of rotatable bonds is 5. The fourth-order valence-corrected chi connectivity index (χ4v) is 1.34. The zero-order valence-corrected chi connectivity index (χ0v) is 8.29. The molecule has 76 valence electrons. The Kier molecular flexibility index (Phi) is 4.13. The predicted molar refractivity (Wildman–Crippen MR) is 56.8 cm³/mol. The van der Waals surface area contributed by atoms with Gasteiger partial charge in [0.1, 0.15) is 6.29 Å². The molecule has 0 saturated heterocycles. The largest absolute Gasteiger partial charge is 0.395 e. The lowest BCUT2D eigenvalue weighted by Crippen LogP contribution is -2.06. The van der Waals surface area contributed by atoms with Crippen LogP contribution in [0, 0.1) is 0 Å². The second-order valence-electron chi connectivity index (χ2n) is 3.04. The summed E-state index contributed by atoms with van der Waals surface area (Å²) in [6.07, 6.45) is 1.71. The number of aliphatic hydroxyl groups is 1. The van der Waals surface area contributed by atoms with Crippen molar-refractivity contribution < 1.29 is 9.90 Å². The van der Waals surface area contributed by atoms with E-state index in [1.165, 1.54) is 0 Å². The Morgan fingerprint density at radius 1 is 1.50 bits per heavy atom. The molecule has 0 radical (unpaired) electrons. The Balaban J connectivity index is 2.84. The summed E-state index contributed by atoms with van der Waals surface area (Å²) in [5, 5.41) is 11.7. The second kappa shape index (κ2) is 5.40. The number of nitrogens with one attached hydrogen (secondary N) is 1. The Morgan fingerprint density at radius 3 is 2.86 bits per heavy atom. The summed E-state index contributed by atoms with van der Waals surface area (Å²) in [6.45, 7) is 2.65. The molecule has 0 aliphatic heterocycles. The van der Waals surface area contributed by atoms with E-state index in [4.69, 9.17) is 5.11 Å². The van der Waals surface area contributed by atoms with Gasteiger partial charge < -0.3 is 10.4 Å². The highest BCUT2D eigenvalue weighted by molar-refractivity contribution is 5.78. The van der Waals surface area contributed by atoms with Crippen molar-refractivity contribution >= 4 is 12.0 Å². The lowest BCUT2D eigenvalue weighted by molar-refractivity contribution is 0.112. The van der Waals surface area contributed by atoms with Gasteiger partial charge in [0.05, 0.1) is 6.61 Å². The molecule has 0 amide bonds. The Bertz CT molecular complexity index is 310. The third-order valence-electron chi connectivity index (χ3n) is 2.09. The van der Waals surface area contributed by atoms with Crippen LogP contribution in [0.25, 0.3) is 0 Å². The molecule has 1 aromatic carbocycles. The molecule has 0 atom stereocenters. The van der Waals surface area contributed by atoms with Crippen molar-refractivity contribution in [3.63, 3.8) is 0 Å². The minimum absolute atomic E-state index is 0.108.